The van der Waals surface area contributed by atoms with E-state index in [9.17, 15) is 5.11 Å². The van der Waals surface area contributed by atoms with Crippen molar-refractivity contribution in [1.82, 2.24) is 4.90 Å². The average molecular weight is 284 g/mol. The first kappa shape index (κ1) is 18.0. The van der Waals surface area contributed by atoms with Crippen LogP contribution in [-0.4, -0.2) is 35.2 Å². The highest BCUT2D eigenvalue weighted by atomic mass is 16.3. The molecule has 1 aliphatic rings. The van der Waals surface area contributed by atoms with Crippen molar-refractivity contribution in [2.45, 2.75) is 79.8 Å². The van der Waals surface area contributed by atoms with E-state index in [1.807, 2.05) is 13.8 Å². The predicted octanol–water partition coefficient (Wildman–Crippen LogP) is 4.32. The molecule has 0 amide bonds. The standard InChI is InChI=1S/C18H37NO/c1-16(2,3)15-8-11-19(12-9-15)13-10-17(4,5)14-18(6,7)20/h15,20H,8-14H2,1-7H3. The quantitative estimate of drug-likeness (QED) is 0.812. The van der Waals surface area contributed by atoms with Gasteiger partial charge in [0.2, 0.25) is 0 Å². The zero-order valence-electron chi connectivity index (χ0n) is 14.9. The zero-order valence-corrected chi connectivity index (χ0v) is 14.9. The van der Waals surface area contributed by atoms with Crippen molar-refractivity contribution in [1.29, 1.82) is 0 Å². The first-order chi connectivity index (χ1) is 8.89. The topological polar surface area (TPSA) is 23.5 Å². The summed E-state index contributed by atoms with van der Waals surface area (Å²) in [6.45, 7) is 19.2. The largest absolute Gasteiger partial charge is 0.390 e. The lowest BCUT2D eigenvalue weighted by Crippen LogP contribution is -2.40. The Kier molecular flexibility index (Phi) is 5.71. The van der Waals surface area contributed by atoms with Crippen molar-refractivity contribution < 1.29 is 5.11 Å². The molecule has 0 aromatic rings. The summed E-state index contributed by atoms with van der Waals surface area (Å²) in [5.74, 6) is 0.878. The number of piperidine rings is 1. The van der Waals surface area contributed by atoms with Gasteiger partial charge in [-0.1, -0.05) is 34.6 Å². The highest BCUT2D eigenvalue weighted by Crippen LogP contribution is 2.35. The molecule has 0 aromatic carbocycles. The van der Waals surface area contributed by atoms with Crippen LogP contribution in [0.25, 0.3) is 0 Å². The lowest BCUT2D eigenvalue weighted by molar-refractivity contribution is 0.0234. The van der Waals surface area contributed by atoms with Gasteiger partial charge in [0, 0.05) is 0 Å². The van der Waals surface area contributed by atoms with Gasteiger partial charge in [-0.2, -0.15) is 0 Å². The summed E-state index contributed by atoms with van der Waals surface area (Å²) in [4.78, 5) is 2.62. The number of nitrogens with zero attached hydrogens (tertiary/aromatic N) is 1. The molecule has 120 valence electrons. The summed E-state index contributed by atoms with van der Waals surface area (Å²) in [5, 5.41) is 10.0. The Hall–Kier alpha value is -0.0800. The van der Waals surface area contributed by atoms with E-state index in [1.54, 1.807) is 0 Å². The van der Waals surface area contributed by atoms with Gasteiger partial charge in [-0.15, -0.1) is 0 Å². The molecular weight excluding hydrogens is 246 g/mol. The third-order valence-electron chi connectivity index (χ3n) is 4.83. The molecule has 0 aliphatic carbocycles. The molecule has 0 radical (unpaired) electrons. The minimum atomic E-state index is -0.553. The lowest BCUT2D eigenvalue weighted by atomic mass is 9.75. The molecule has 0 atom stereocenters. The lowest BCUT2D eigenvalue weighted by Gasteiger charge is -2.40. The molecule has 1 aliphatic heterocycles. The summed E-state index contributed by atoms with van der Waals surface area (Å²) in [6.07, 6.45) is 4.74. The Morgan fingerprint density at radius 2 is 1.45 bits per heavy atom. The van der Waals surface area contributed by atoms with Crippen LogP contribution in [0.3, 0.4) is 0 Å². The number of rotatable bonds is 5. The first-order valence-electron chi connectivity index (χ1n) is 8.34. The van der Waals surface area contributed by atoms with Crippen LogP contribution < -0.4 is 0 Å². The van der Waals surface area contributed by atoms with E-state index in [0.717, 1.165) is 12.3 Å². The van der Waals surface area contributed by atoms with E-state index < -0.39 is 5.60 Å². The molecule has 0 unspecified atom stereocenters. The fraction of sp³-hybridized carbons (Fsp3) is 1.00. The third kappa shape index (κ3) is 6.58. The van der Waals surface area contributed by atoms with Gasteiger partial charge >= 0.3 is 0 Å². The highest BCUT2D eigenvalue weighted by Gasteiger charge is 2.30. The molecule has 20 heavy (non-hydrogen) atoms. The van der Waals surface area contributed by atoms with Crippen LogP contribution in [0.2, 0.25) is 0 Å². The highest BCUT2D eigenvalue weighted by molar-refractivity contribution is 4.83. The first-order valence-corrected chi connectivity index (χ1v) is 8.34. The Labute approximate surface area is 126 Å². The third-order valence-corrected chi connectivity index (χ3v) is 4.83. The average Bonchev–Trinajstić information content (AvgIpc) is 2.22. The van der Waals surface area contributed by atoms with Gasteiger partial charge in [0.15, 0.2) is 0 Å². The van der Waals surface area contributed by atoms with Crippen molar-refractivity contribution >= 4 is 0 Å². The molecule has 1 rings (SSSR count). The molecule has 0 saturated carbocycles. The molecule has 1 heterocycles. The summed E-state index contributed by atoms with van der Waals surface area (Å²) in [7, 11) is 0. The summed E-state index contributed by atoms with van der Waals surface area (Å²) in [6, 6.07) is 0. The maximum atomic E-state index is 10.0. The number of hydrogen-bond acceptors (Lipinski definition) is 2. The maximum Gasteiger partial charge on any atom is 0.0596 e. The second kappa shape index (κ2) is 6.36. The van der Waals surface area contributed by atoms with Gasteiger partial charge < -0.3 is 10.0 Å². The second-order valence-corrected chi connectivity index (χ2v) is 9.39. The van der Waals surface area contributed by atoms with Crippen LogP contribution in [0.4, 0.5) is 0 Å². The van der Waals surface area contributed by atoms with Crippen LogP contribution in [0.15, 0.2) is 0 Å². The van der Waals surface area contributed by atoms with Crippen molar-refractivity contribution in [2.24, 2.45) is 16.7 Å². The Balaban J connectivity index is 2.34. The molecule has 0 aromatic heterocycles. The van der Waals surface area contributed by atoms with E-state index in [1.165, 1.54) is 38.9 Å². The molecule has 1 N–H and O–H groups in total. The molecule has 0 spiro atoms. The minimum absolute atomic E-state index is 0.221. The SMILES string of the molecule is CC(C)(O)CC(C)(C)CCN1CCC(C(C)(C)C)CC1. The Morgan fingerprint density at radius 3 is 1.85 bits per heavy atom. The number of likely N-dealkylation sites (tertiary alicyclic amines) is 1. The molecule has 0 bridgehead atoms. The van der Waals surface area contributed by atoms with E-state index >= 15 is 0 Å². The Bertz CT molecular complexity index is 288. The number of hydrogen-bond donors (Lipinski definition) is 1. The maximum absolute atomic E-state index is 10.0. The van der Waals surface area contributed by atoms with Gasteiger partial charge in [0.1, 0.15) is 0 Å². The molecule has 2 nitrogen and oxygen atoms in total. The van der Waals surface area contributed by atoms with Crippen LogP contribution in [0, 0.1) is 16.7 Å². The minimum Gasteiger partial charge on any atom is -0.390 e. The van der Waals surface area contributed by atoms with E-state index in [4.69, 9.17) is 0 Å². The second-order valence-electron chi connectivity index (χ2n) is 9.39. The molecule has 1 fully saturated rings. The smallest absolute Gasteiger partial charge is 0.0596 e. The monoisotopic (exact) mass is 283 g/mol. The van der Waals surface area contributed by atoms with Crippen LogP contribution >= 0.6 is 0 Å². The molecular formula is C18H37NO. The van der Waals surface area contributed by atoms with Gasteiger partial charge in [-0.3, -0.25) is 0 Å². The van der Waals surface area contributed by atoms with E-state index in [-0.39, 0.29) is 5.41 Å². The summed E-state index contributed by atoms with van der Waals surface area (Å²) in [5.41, 5.74) is 0.133. The van der Waals surface area contributed by atoms with Crippen molar-refractivity contribution in [3.8, 4) is 0 Å². The van der Waals surface area contributed by atoms with Crippen LogP contribution in [0.1, 0.15) is 74.1 Å². The fourth-order valence-corrected chi connectivity index (χ4v) is 3.74. The van der Waals surface area contributed by atoms with Crippen LogP contribution in [0.5, 0.6) is 0 Å². The number of aliphatic hydroxyl groups is 1. The van der Waals surface area contributed by atoms with Gasteiger partial charge in [0.05, 0.1) is 5.60 Å². The normalized spacial score (nSPS) is 20.4. The van der Waals surface area contributed by atoms with Crippen molar-refractivity contribution in [2.75, 3.05) is 19.6 Å². The Morgan fingerprint density at radius 1 is 0.950 bits per heavy atom. The van der Waals surface area contributed by atoms with Crippen LogP contribution in [-0.2, 0) is 0 Å². The van der Waals surface area contributed by atoms with Gasteiger partial charge in [0.25, 0.3) is 0 Å². The zero-order chi connectivity index (χ0) is 15.6. The van der Waals surface area contributed by atoms with E-state index in [0.29, 0.717) is 5.41 Å². The van der Waals surface area contributed by atoms with Crippen molar-refractivity contribution in [3.05, 3.63) is 0 Å². The fourth-order valence-electron chi connectivity index (χ4n) is 3.74. The molecule has 2 heteroatoms. The van der Waals surface area contributed by atoms with Gasteiger partial charge in [-0.25, -0.2) is 0 Å². The molecule has 1 saturated heterocycles. The summed E-state index contributed by atoms with van der Waals surface area (Å²) < 4.78 is 0. The van der Waals surface area contributed by atoms with E-state index in [2.05, 4.69) is 39.5 Å². The van der Waals surface area contributed by atoms with Crippen molar-refractivity contribution in [3.63, 3.8) is 0 Å². The summed E-state index contributed by atoms with van der Waals surface area (Å²) >= 11 is 0. The predicted molar refractivity (Wildman–Crippen MR) is 87.9 cm³/mol. The van der Waals surface area contributed by atoms with Gasteiger partial charge in [-0.05, 0) is 75.9 Å².